The van der Waals surface area contributed by atoms with Crippen LogP contribution >= 0.6 is 0 Å². The third kappa shape index (κ3) is 52.6. The minimum atomic E-state index is -0.903. The van der Waals surface area contributed by atoms with Crippen molar-refractivity contribution in [3.63, 3.8) is 0 Å². The molecule has 0 aliphatic carbocycles. The second kappa shape index (κ2) is 45.4. The van der Waals surface area contributed by atoms with Crippen LogP contribution in [0.5, 0.6) is 0 Å². The number of aliphatic carboxylic acids is 2. The van der Waals surface area contributed by atoms with Gasteiger partial charge in [0.2, 0.25) is 0 Å². The van der Waals surface area contributed by atoms with Crippen LogP contribution < -0.4 is 10.2 Å². The molecule has 0 amide bonds. The first-order chi connectivity index (χ1) is 19.5. The standard InChI is InChI=1S/2C18H36O2.2Cu/c2*1-2-3-4-5-6-7-8-9-10-11-12-13-14-15-16-17-18(19)20;;/h2*2-17H2,1H3,(H,19,20);;/q;;;+2/p-2. The molecule has 0 spiro atoms. The van der Waals surface area contributed by atoms with Gasteiger partial charge >= 0.3 is 17.1 Å². The minimum absolute atomic E-state index is 0. The SMILES string of the molecule is CCCCCCCCCCCCCCCCCC(=O)[O-].CCCCCCCCCCCCCCCCCC(=O)[O-].[Cu+2].[Cu]. The van der Waals surface area contributed by atoms with Crippen LogP contribution in [0, 0.1) is 0 Å². The smallest absolute Gasteiger partial charge is 0.550 e. The van der Waals surface area contributed by atoms with Gasteiger partial charge in [-0.3, -0.25) is 0 Å². The van der Waals surface area contributed by atoms with Crippen LogP contribution in [0.2, 0.25) is 0 Å². The summed E-state index contributed by atoms with van der Waals surface area (Å²) in [5, 5.41) is 20.4. The first-order valence-electron chi connectivity index (χ1n) is 17.9. The molecular weight excluding hydrogens is 623 g/mol. The van der Waals surface area contributed by atoms with E-state index in [1.54, 1.807) is 0 Å². The summed E-state index contributed by atoms with van der Waals surface area (Å²) >= 11 is 0. The Hall–Kier alpha value is -0.0210. The van der Waals surface area contributed by atoms with Crippen molar-refractivity contribution in [2.75, 3.05) is 0 Å². The van der Waals surface area contributed by atoms with E-state index >= 15 is 0 Å². The van der Waals surface area contributed by atoms with Crippen molar-refractivity contribution in [3.05, 3.63) is 0 Å². The Bertz CT molecular complexity index is 459. The third-order valence-electron chi connectivity index (χ3n) is 7.97. The molecule has 0 atom stereocenters. The topological polar surface area (TPSA) is 80.3 Å². The Morgan fingerprint density at radius 3 is 0.619 bits per heavy atom. The number of carbonyl (C=O) groups excluding carboxylic acids is 2. The average Bonchev–Trinajstić information content (AvgIpc) is 2.93. The number of unbranched alkanes of at least 4 members (excludes halogenated alkanes) is 28. The van der Waals surface area contributed by atoms with Gasteiger partial charge in [-0.1, -0.05) is 194 Å². The molecule has 260 valence electrons. The van der Waals surface area contributed by atoms with Crippen molar-refractivity contribution >= 4 is 11.9 Å². The van der Waals surface area contributed by atoms with Crippen molar-refractivity contribution < 1.29 is 53.9 Å². The van der Waals surface area contributed by atoms with E-state index in [2.05, 4.69) is 13.8 Å². The zero-order chi connectivity index (χ0) is 29.8. The first-order valence-corrected chi connectivity index (χ1v) is 17.9. The van der Waals surface area contributed by atoms with E-state index < -0.39 is 11.9 Å². The Morgan fingerprint density at radius 1 is 0.333 bits per heavy atom. The quantitative estimate of drug-likeness (QED) is 0.0519. The van der Waals surface area contributed by atoms with Crippen LogP contribution in [0.15, 0.2) is 0 Å². The van der Waals surface area contributed by atoms with E-state index in [-0.39, 0.29) is 47.0 Å². The van der Waals surface area contributed by atoms with Crippen LogP contribution in [0.3, 0.4) is 0 Å². The molecule has 0 aromatic heterocycles. The molecule has 0 aliphatic heterocycles. The van der Waals surface area contributed by atoms with Gasteiger partial charge in [0, 0.05) is 29.0 Å². The molecule has 0 saturated carbocycles. The Kier molecular flexibility index (Phi) is 52.8. The molecule has 0 rings (SSSR count). The van der Waals surface area contributed by atoms with Gasteiger partial charge in [0.25, 0.3) is 0 Å². The van der Waals surface area contributed by atoms with Crippen LogP contribution in [-0.2, 0) is 43.7 Å². The fourth-order valence-corrected chi connectivity index (χ4v) is 5.28. The normalized spacial score (nSPS) is 10.3. The number of rotatable bonds is 32. The molecule has 4 nitrogen and oxygen atoms in total. The maximum atomic E-state index is 10.2. The van der Waals surface area contributed by atoms with Crippen LogP contribution in [0.1, 0.15) is 219 Å². The molecule has 0 heterocycles. The van der Waals surface area contributed by atoms with Gasteiger partial charge in [0.1, 0.15) is 0 Å². The summed E-state index contributed by atoms with van der Waals surface area (Å²) in [5.41, 5.74) is 0. The fraction of sp³-hybridized carbons (Fsp3) is 0.944. The Morgan fingerprint density at radius 2 is 0.476 bits per heavy atom. The number of carbonyl (C=O) groups is 2. The number of carboxylic acids is 2. The predicted molar refractivity (Wildman–Crippen MR) is 169 cm³/mol. The molecule has 0 bridgehead atoms. The second-order valence-corrected chi connectivity index (χ2v) is 12.1. The van der Waals surface area contributed by atoms with E-state index in [9.17, 15) is 19.8 Å². The third-order valence-corrected chi connectivity index (χ3v) is 7.97. The van der Waals surface area contributed by atoms with E-state index in [1.807, 2.05) is 0 Å². The average molecular weight is 694 g/mol. The molecule has 0 aliphatic rings. The van der Waals surface area contributed by atoms with E-state index in [1.165, 1.54) is 167 Å². The van der Waals surface area contributed by atoms with Crippen molar-refractivity contribution in [1.82, 2.24) is 0 Å². The van der Waals surface area contributed by atoms with Gasteiger partial charge in [-0.25, -0.2) is 0 Å². The zero-order valence-corrected chi connectivity index (χ0v) is 29.7. The molecule has 0 unspecified atom stereocenters. The summed E-state index contributed by atoms with van der Waals surface area (Å²) in [7, 11) is 0. The summed E-state index contributed by atoms with van der Waals surface area (Å²) in [6.45, 7) is 4.53. The van der Waals surface area contributed by atoms with Crippen molar-refractivity contribution in [1.29, 1.82) is 0 Å². The summed E-state index contributed by atoms with van der Waals surface area (Å²) in [5.74, 6) is -1.81. The fourth-order valence-electron chi connectivity index (χ4n) is 5.28. The summed E-state index contributed by atoms with van der Waals surface area (Å²) in [4.78, 5) is 20.4. The van der Waals surface area contributed by atoms with E-state index in [0.717, 1.165) is 25.7 Å². The van der Waals surface area contributed by atoms with Gasteiger partial charge in [-0.05, 0) is 25.7 Å². The molecule has 0 fully saturated rings. The molecule has 0 saturated heterocycles. The molecule has 2 radical (unpaired) electrons. The van der Waals surface area contributed by atoms with Crippen LogP contribution in [0.25, 0.3) is 0 Å². The molecule has 6 heteroatoms. The maximum Gasteiger partial charge on any atom is 2.00 e. The maximum absolute atomic E-state index is 10.2. The van der Waals surface area contributed by atoms with Gasteiger partial charge in [-0.2, -0.15) is 0 Å². The van der Waals surface area contributed by atoms with Crippen molar-refractivity contribution in [2.45, 2.75) is 219 Å². The second-order valence-electron chi connectivity index (χ2n) is 12.1. The molecule has 0 N–H and O–H groups in total. The van der Waals surface area contributed by atoms with Crippen molar-refractivity contribution in [2.24, 2.45) is 0 Å². The largest absolute Gasteiger partial charge is 2.00 e. The molecule has 0 aromatic carbocycles. The number of carboxylic acid groups (broad SMARTS) is 2. The molecule has 42 heavy (non-hydrogen) atoms. The Balaban J connectivity index is -0.000000328. The summed E-state index contributed by atoms with van der Waals surface area (Å²) < 4.78 is 0. The number of hydrogen-bond donors (Lipinski definition) is 0. The number of hydrogen-bond acceptors (Lipinski definition) is 4. The summed E-state index contributed by atoms with van der Waals surface area (Å²) in [6, 6.07) is 0. The van der Waals surface area contributed by atoms with E-state index in [0.29, 0.717) is 0 Å². The first kappa shape index (κ1) is 48.9. The zero-order valence-electron chi connectivity index (χ0n) is 27.9. The van der Waals surface area contributed by atoms with Crippen LogP contribution in [0.4, 0.5) is 0 Å². The van der Waals surface area contributed by atoms with Gasteiger partial charge in [0.15, 0.2) is 0 Å². The summed E-state index contributed by atoms with van der Waals surface area (Å²) in [6.07, 6.45) is 39.7. The minimum Gasteiger partial charge on any atom is -0.550 e. The van der Waals surface area contributed by atoms with Crippen molar-refractivity contribution in [3.8, 4) is 0 Å². The molecular formula is C36H70Cu2O4. The predicted octanol–water partition coefficient (Wildman–Crippen LogP) is 9.99. The van der Waals surface area contributed by atoms with Gasteiger partial charge in [-0.15, -0.1) is 0 Å². The molecule has 0 aromatic rings. The Labute approximate surface area is 284 Å². The van der Waals surface area contributed by atoms with Crippen LogP contribution in [-0.4, -0.2) is 11.9 Å². The van der Waals surface area contributed by atoms with Gasteiger partial charge in [0.05, 0.1) is 0 Å². The van der Waals surface area contributed by atoms with E-state index in [4.69, 9.17) is 0 Å². The van der Waals surface area contributed by atoms with Gasteiger partial charge < -0.3 is 19.8 Å². The monoisotopic (exact) mass is 692 g/mol.